The van der Waals surface area contributed by atoms with Gasteiger partial charge >= 0.3 is 5.97 Å². The van der Waals surface area contributed by atoms with Gasteiger partial charge in [0.15, 0.2) is 0 Å². The molecule has 0 saturated heterocycles. The van der Waals surface area contributed by atoms with Crippen LogP contribution in [0.4, 0.5) is 0 Å². The summed E-state index contributed by atoms with van der Waals surface area (Å²) < 4.78 is 0. The van der Waals surface area contributed by atoms with Gasteiger partial charge in [0, 0.05) is 5.69 Å². The molecule has 1 aromatic heterocycles. The molecule has 68 valence electrons. The Morgan fingerprint density at radius 2 is 2.46 bits per heavy atom. The van der Waals surface area contributed by atoms with Crippen molar-refractivity contribution in [1.29, 1.82) is 5.26 Å². The second-order valence-corrected chi connectivity index (χ2v) is 2.64. The highest BCUT2D eigenvalue weighted by atomic mass is 16.4. The van der Waals surface area contributed by atoms with Crippen LogP contribution < -0.4 is 5.73 Å². The first-order chi connectivity index (χ1) is 6.13. The maximum Gasteiger partial charge on any atom is 0.305 e. The van der Waals surface area contributed by atoms with E-state index in [9.17, 15) is 4.79 Å². The van der Waals surface area contributed by atoms with Crippen LogP contribution in [0.25, 0.3) is 0 Å². The third-order valence-electron chi connectivity index (χ3n) is 1.62. The molecule has 1 heterocycles. The SMILES string of the molecule is N#Cc1ccc(C(N)CC(=O)O)[nH]1. The van der Waals surface area contributed by atoms with Gasteiger partial charge in [0.25, 0.3) is 0 Å². The molecule has 0 radical (unpaired) electrons. The van der Waals surface area contributed by atoms with E-state index in [2.05, 4.69) is 4.98 Å². The maximum atomic E-state index is 10.3. The number of aromatic nitrogens is 1. The molecule has 1 unspecified atom stereocenters. The summed E-state index contributed by atoms with van der Waals surface area (Å²) in [7, 11) is 0. The minimum atomic E-state index is -0.958. The average molecular weight is 179 g/mol. The van der Waals surface area contributed by atoms with E-state index in [-0.39, 0.29) is 6.42 Å². The summed E-state index contributed by atoms with van der Waals surface area (Å²) in [6.45, 7) is 0. The van der Waals surface area contributed by atoms with Gasteiger partial charge in [0.2, 0.25) is 0 Å². The molecular formula is C8H9N3O2. The van der Waals surface area contributed by atoms with Crippen molar-refractivity contribution in [2.45, 2.75) is 12.5 Å². The molecule has 4 N–H and O–H groups in total. The van der Waals surface area contributed by atoms with Crippen LogP contribution in [-0.2, 0) is 4.79 Å². The van der Waals surface area contributed by atoms with Crippen molar-refractivity contribution in [2.24, 2.45) is 5.73 Å². The molecule has 0 aliphatic heterocycles. The van der Waals surface area contributed by atoms with Crippen LogP contribution in [0, 0.1) is 11.3 Å². The lowest BCUT2D eigenvalue weighted by Crippen LogP contribution is -2.15. The lowest BCUT2D eigenvalue weighted by Gasteiger charge is -2.05. The van der Waals surface area contributed by atoms with Crippen molar-refractivity contribution < 1.29 is 9.90 Å². The topological polar surface area (TPSA) is 103 Å². The molecule has 1 rings (SSSR count). The highest BCUT2D eigenvalue weighted by molar-refractivity contribution is 5.67. The maximum absolute atomic E-state index is 10.3. The number of hydrogen-bond donors (Lipinski definition) is 3. The molecule has 1 aromatic rings. The van der Waals surface area contributed by atoms with E-state index in [1.54, 1.807) is 12.1 Å². The van der Waals surface area contributed by atoms with Crippen molar-refractivity contribution in [1.82, 2.24) is 4.98 Å². The normalized spacial score (nSPS) is 12.0. The Labute approximate surface area is 74.8 Å². The number of carboxylic acids is 1. The smallest absolute Gasteiger partial charge is 0.305 e. The number of carboxylic acid groups (broad SMARTS) is 1. The second-order valence-electron chi connectivity index (χ2n) is 2.64. The van der Waals surface area contributed by atoms with Crippen LogP contribution in [0.1, 0.15) is 23.9 Å². The number of nitrogens with zero attached hydrogens (tertiary/aromatic N) is 1. The fourth-order valence-electron chi connectivity index (χ4n) is 0.992. The summed E-state index contributed by atoms with van der Waals surface area (Å²) in [6, 6.07) is 4.50. The number of H-pyrrole nitrogens is 1. The molecule has 0 aromatic carbocycles. The fourth-order valence-corrected chi connectivity index (χ4v) is 0.992. The molecule has 0 saturated carbocycles. The van der Waals surface area contributed by atoms with Gasteiger partial charge in [-0.25, -0.2) is 0 Å². The summed E-state index contributed by atoms with van der Waals surface area (Å²) in [6.07, 6.45) is -0.147. The number of aromatic amines is 1. The van der Waals surface area contributed by atoms with Gasteiger partial charge in [-0.05, 0) is 12.1 Å². The number of aliphatic carboxylic acids is 1. The van der Waals surface area contributed by atoms with E-state index in [0.29, 0.717) is 11.4 Å². The predicted octanol–water partition coefficient (Wildman–Crippen LogP) is 0.361. The van der Waals surface area contributed by atoms with Crippen molar-refractivity contribution >= 4 is 5.97 Å². The van der Waals surface area contributed by atoms with Crippen molar-refractivity contribution in [2.75, 3.05) is 0 Å². The van der Waals surface area contributed by atoms with Gasteiger partial charge in [-0.3, -0.25) is 4.79 Å². The number of nitriles is 1. The second kappa shape index (κ2) is 3.74. The minimum Gasteiger partial charge on any atom is -0.481 e. The van der Waals surface area contributed by atoms with Gasteiger partial charge in [-0.1, -0.05) is 0 Å². The molecule has 0 spiro atoms. The van der Waals surface area contributed by atoms with E-state index in [4.69, 9.17) is 16.1 Å². The van der Waals surface area contributed by atoms with Crippen molar-refractivity contribution in [3.8, 4) is 6.07 Å². The predicted molar refractivity (Wildman–Crippen MR) is 44.7 cm³/mol. The first-order valence-electron chi connectivity index (χ1n) is 3.70. The van der Waals surface area contributed by atoms with Crippen LogP contribution >= 0.6 is 0 Å². The van der Waals surface area contributed by atoms with E-state index in [1.807, 2.05) is 6.07 Å². The molecule has 5 heteroatoms. The van der Waals surface area contributed by atoms with E-state index in [0.717, 1.165) is 0 Å². The number of rotatable bonds is 3. The zero-order valence-electron chi connectivity index (χ0n) is 6.82. The third-order valence-corrected chi connectivity index (χ3v) is 1.62. The lowest BCUT2D eigenvalue weighted by atomic mass is 10.1. The largest absolute Gasteiger partial charge is 0.481 e. The zero-order chi connectivity index (χ0) is 9.84. The quantitative estimate of drug-likeness (QED) is 0.623. The van der Waals surface area contributed by atoms with E-state index >= 15 is 0 Å². The van der Waals surface area contributed by atoms with Crippen LogP contribution in [0.5, 0.6) is 0 Å². The van der Waals surface area contributed by atoms with E-state index < -0.39 is 12.0 Å². The highest BCUT2D eigenvalue weighted by Gasteiger charge is 2.11. The lowest BCUT2D eigenvalue weighted by molar-refractivity contribution is -0.137. The monoisotopic (exact) mass is 179 g/mol. The van der Waals surface area contributed by atoms with Crippen LogP contribution in [0.2, 0.25) is 0 Å². The Morgan fingerprint density at radius 1 is 1.77 bits per heavy atom. The number of nitrogens with one attached hydrogen (secondary N) is 1. The zero-order valence-corrected chi connectivity index (χ0v) is 6.82. The van der Waals surface area contributed by atoms with Crippen LogP contribution in [0.3, 0.4) is 0 Å². The molecule has 0 aliphatic rings. The van der Waals surface area contributed by atoms with E-state index in [1.165, 1.54) is 0 Å². The Hall–Kier alpha value is -1.80. The summed E-state index contributed by atoms with van der Waals surface area (Å²) in [5.74, 6) is -0.958. The third kappa shape index (κ3) is 2.32. The summed E-state index contributed by atoms with van der Waals surface area (Å²) >= 11 is 0. The van der Waals surface area contributed by atoms with Gasteiger partial charge in [-0.15, -0.1) is 0 Å². The fraction of sp³-hybridized carbons (Fsp3) is 0.250. The number of hydrogen-bond acceptors (Lipinski definition) is 3. The van der Waals surface area contributed by atoms with Gasteiger partial charge in [0.05, 0.1) is 12.5 Å². The van der Waals surface area contributed by atoms with Crippen molar-refractivity contribution in [3.63, 3.8) is 0 Å². The Bertz CT molecular complexity index is 351. The van der Waals surface area contributed by atoms with Crippen LogP contribution in [-0.4, -0.2) is 16.1 Å². The molecule has 0 fully saturated rings. The average Bonchev–Trinajstić information content (AvgIpc) is 2.50. The van der Waals surface area contributed by atoms with Gasteiger partial charge in [-0.2, -0.15) is 5.26 Å². The Balaban J connectivity index is 2.72. The van der Waals surface area contributed by atoms with Gasteiger partial charge in [0.1, 0.15) is 11.8 Å². The molecule has 0 amide bonds. The molecule has 13 heavy (non-hydrogen) atoms. The number of nitrogens with two attached hydrogens (primary N) is 1. The molecule has 5 nitrogen and oxygen atoms in total. The van der Waals surface area contributed by atoms with Crippen LogP contribution in [0.15, 0.2) is 12.1 Å². The minimum absolute atomic E-state index is 0.147. The Kier molecular flexibility index (Phi) is 2.67. The molecule has 1 atom stereocenters. The standard InChI is InChI=1S/C8H9N3O2/c9-4-5-1-2-7(11-5)6(10)3-8(12)13/h1-2,6,11H,3,10H2,(H,12,13). The molecule has 0 aliphatic carbocycles. The molecule has 0 bridgehead atoms. The number of carbonyl (C=O) groups is 1. The molecular weight excluding hydrogens is 170 g/mol. The van der Waals surface area contributed by atoms with Crippen molar-refractivity contribution in [3.05, 3.63) is 23.5 Å². The summed E-state index contributed by atoms with van der Waals surface area (Å²) in [5, 5.41) is 16.9. The Morgan fingerprint density at radius 3 is 2.92 bits per heavy atom. The highest BCUT2D eigenvalue weighted by Crippen LogP contribution is 2.12. The first-order valence-corrected chi connectivity index (χ1v) is 3.70. The van der Waals surface area contributed by atoms with Gasteiger partial charge < -0.3 is 15.8 Å². The summed E-state index contributed by atoms with van der Waals surface area (Å²) in [5.41, 5.74) is 6.50. The first kappa shape index (κ1) is 9.29. The summed E-state index contributed by atoms with van der Waals surface area (Å²) in [4.78, 5) is 13.0.